The van der Waals surface area contributed by atoms with Crippen LogP contribution in [0.3, 0.4) is 0 Å². The third-order valence-electron chi connectivity index (χ3n) is 7.80. The Bertz CT molecular complexity index is 1180. The van der Waals surface area contributed by atoms with Crippen molar-refractivity contribution in [2.75, 3.05) is 5.32 Å². The second-order valence-corrected chi connectivity index (χ2v) is 9.40. The number of benzene rings is 2. The lowest BCUT2D eigenvalue weighted by atomic mass is 9.64. The Labute approximate surface area is 190 Å². The summed E-state index contributed by atoms with van der Waals surface area (Å²) >= 11 is 0. The molecule has 2 saturated carbocycles. The van der Waals surface area contributed by atoms with E-state index < -0.39 is 27.1 Å². The highest BCUT2D eigenvalue weighted by Gasteiger charge is 2.71. The van der Waals surface area contributed by atoms with Gasteiger partial charge >= 0.3 is 5.97 Å². The van der Waals surface area contributed by atoms with Gasteiger partial charge in [0.1, 0.15) is 5.82 Å². The van der Waals surface area contributed by atoms with E-state index in [1.807, 2.05) is 20.8 Å². The molecule has 4 rings (SSSR count). The maximum absolute atomic E-state index is 13.4. The summed E-state index contributed by atoms with van der Waals surface area (Å²) in [4.78, 5) is 41.4. The van der Waals surface area contributed by atoms with Gasteiger partial charge in [-0.05, 0) is 48.6 Å². The topological polar surface area (TPSA) is 111 Å². The molecule has 2 fully saturated rings. The molecule has 2 aromatic rings. The molecule has 2 unspecified atom stereocenters. The molecule has 0 saturated heterocycles. The molecule has 0 aliphatic heterocycles. The Morgan fingerprint density at radius 2 is 1.82 bits per heavy atom. The molecule has 2 atom stereocenters. The number of nitrogens with one attached hydrogen (secondary N) is 1. The maximum Gasteiger partial charge on any atom is 0.365 e. The fourth-order valence-electron chi connectivity index (χ4n) is 5.20. The number of carbonyl (C=O) groups is 2. The van der Waals surface area contributed by atoms with Crippen molar-refractivity contribution in [1.29, 1.82) is 0 Å². The van der Waals surface area contributed by atoms with E-state index in [1.54, 1.807) is 0 Å². The Morgan fingerprint density at radius 1 is 1.12 bits per heavy atom. The molecule has 0 heterocycles. The van der Waals surface area contributed by atoms with Crippen molar-refractivity contribution >= 4 is 29.0 Å². The summed E-state index contributed by atoms with van der Waals surface area (Å²) in [5, 5.41) is 18.0. The second kappa shape index (κ2) is 7.75. The van der Waals surface area contributed by atoms with Crippen molar-refractivity contribution in [1.82, 2.24) is 0 Å². The number of carbonyl (C=O) groups excluding carboxylic acids is 2. The SMILES string of the molecule is CC12CCC(C(=O)Nc3ccc(F)cc3)(C/C1=N\OC(=O)c1cccc([N+](=O)[O-])c1)C2(C)C. The van der Waals surface area contributed by atoms with Crippen LogP contribution in [-0.4, -0.2) is 22.5 Å². The summed E-state index contributed by atoms with van der Waals surface area (Å²) in [5.41, 5.74) is -0.829. The van der Waals surface area contributed by atoms with E-state index in [-0.39, 0.29) is 23.0 Å². The molecule has 8 nitrogen and oxygen atoms in total. The fourth-order valence-corrected chi connectivity index (χ4v) is 5.20. The molecule has 2 aliphatic rings. The van der Waals surface area contributed by atoms with Crippen molar-refractivity contribution in [2.24, 2.45) is 21.4 Å². The van der Waals surface area contributed by atoms with E-state index in [0.717, 1.165) is 6.07 Å². The number of hydrogen-bond acceptors (Lipinski definition) is 6. The predicted molar refractivity (Wildman–Crippen MR) is 119 cm³/mol. The van der Waals surface area contributed by atoms with Crippen LogP contribution in [-0.2, 0) is 9.63 Å². The van der Waals surface area contributed by atoms with E-state index in [2.05, 4.69) is 10.5 Å². The Morgan fingerprint density at radius 3 is 2.48 bits per heavy atom. The summed E-state index contributed by atoms with van der Waals surface area (Å²) < 4.78 is 13.2. The third-order valence-corrected chi connectivity index (χ3v) is 7.80. The minimum absolute atomic E-state index is 0.0184. The number of oxime groups is 1. The first-order valence-corrected chi connectivity index (χ1v) is 10.6. The molecule has 0 spiro atoms. The van der Waals surface area contributed by atoms with Crippen LogP contribution in [0.1, 0.15) is 50.4 Å². The van der Waals surface area contributed by atoms with E-state index >= 15 is 0 Å². The maximum atomic E-state index is 13.4. The average Bonchev–Trinajstić information content (AvgIpc) is 3.09. The first-order valence-electron chi connectivity index (χ1n) is 10.6. The van der Waals surface area contributed by atoms with Gasteiger partial charge in [-0.15, -0.1) is 0 Å². The quantitative estimate of drug-likeness (QED) is 0.385. The summed E-state index contributed by atoms with van der Waals surface area (Å²) in [6.45, 7) is 6.03. The lowest BCUT2D eigenvalue weighted by Crippen LogP contribution is -2.43. The molecule has 9 heteroatoms. The smallest absolute Gasteiger partial charge is 0.326 e. The van der Waals surface area contributed by atoms with Gasteiger partial charge in [-0.1, -0.05) is 32.0 Å². The number of anilines is 1. The zero-order chi connectivity index (χ0) is 24.0. The van der Waals surface area contributed by atoms with Crippen LogP contribution < -0.4 is 5.32 Å². The van der Waals surface area contributed by atoms with E-state index in [0.29, 0.717) is 30.7 Å². The zero-order valence-electron chi connectivity index (χ0n) is 18.6. The molecule has 2 aromatic carbocycles. The molecule has 1 N–H and O–H groups in total. The molecule has 172 valence electrons. The fraction of sp³-hybridized carbons (Fsp3) is 0.375. The minimum atomic E-state index is -0.805. The van der Waals surface area contributed by atoms with Gasteiger partial charge in [0, 0.05) is 29.7 Å². The minimum Gasteiger partial charge on any atom is -0.326 e. The summed E-state index contributed by atoms with van der Waals surface area (Å²) in [6.07, 6.45) is 1.64. The monoisotopic (exact) mass is 453 g/mol. The van der Waals surface area contributed by atoms with Crippen LogP contribution in [0.2, 0.25) is 0 Å². The van der Waals surface area contributed by atoms with Crippen molar-refractivity contribution < 1.29 is 23.7 Å². The highest BCUT2D eigenvalue weighted by atomic mass is 19.1. The number of nitrogens with zero attached hydrogens (tertiary/aromatic N) is 2. The van der Waals surface area contributed by atoms with Gasteiger partial charge in [-0.25, -0.2) is 9.18 Å². The average molecular weight is 453 g/mol. The standard InChI is InChI=1S/C24H24FN3O5/c1-22(2)23(3)11-12-24(22,21(30)26-17-9-7-16(25)8-10-17)14-19(23)27-33-20(29)15-5-4-6-18(13-15)28(31)32/h4-10,13H,11-12,14H2,1-3H3,(H,26,30)/b27-19+. The van der Waals surface area contributed by atoms with E-state index in [9.17, 15) is 24.1 Å². The van der Waals surface area contributed by atoms with Crippen LogP contribution in [0.4, 0.5) is 15.8 Å². The number of halogens is 1. The van der Waals surface area contributed by atoms with Gasteiger partial charge in [0.2, 0.25) is 5.91 Å². The number of non-ortho nitro benzene ring substituents is 1. The first kappa shape index (κ1) is 22.6. The van der Waals surface area contributed by atoms with E-state index in [1.165, 1.54) is 42.5 Å². The number of nitro benzene ring substituents is 1. The number of nitro groups is 1. The number of rotatable bonds is 5. The highest BCUT2D eigenvalue weighted by molar-refractivity contribution is 6.06. The van der Waals surface area contributed by atoms with Crippen molar-refractivity contribution in [3.63, 3.8) is 0 Å². The van der Waals surface area contributed by atoms with Crippen LogP contribution >= 0.6 is 0 Å². The largest absolute Gasteiger partial charge is 0.365 e. The molecule has 2 aliphatic carbocycles. The lowest BCUT2D eigenvalue weighted by molar-refractivity contribution is -0.384. The normalized spacial score (nSPS) is 26.2. The number of amides is 1. The molecular formula is C24H24FN3O5. The number of hydrogen-bond donors (Lipinski definition) is 1. The summed E-state index contributed by atoms with van der Waals surface area (Å²) in [6, 6.07) is 10.8. The molecule has 33 heavy (non-hydrogen) atoms. The van der Waals surface area contributed by atoms with E-state index in [4.69, 9.17) is 4.84 Å². The first-order chi connectivity index (χ1) is 15.5. The van der Waals surface area contributed by atoms with Gasteiger partial charge in [-0.3, -0.25) is 14.9 Å². The van der Waals surface area contributed by atoms with Gasteiger partial charge in [0.05, 0.1) is 21.6 Å². The third kappa shape index (κ3) is 3.48. The van der Waals surface area contributed by atoms with Gasteiger partial charge < -0.3 is 10.2 Å². The van der Waals surface area contributed by atoms with Crippen molar-refractivity contribution in [3.8, 4) is 0 Å². The van der Waals surface area contributed by atoms with Crippen LogP contribution in [0, 0.1) is 32.2 Å². The van der Waals surface area contributed by atoms with Crippen molar-refractivity contribution in [2.45, 2.75) is 40.0 Å². The lowest BCUT2D eigenvalue weighted by Gasteiger charge is -2.39. The molecular weight excluding hydrogens is 429 g/mol. The summed E-state index contributed by atoms with van der Waals surface area (Å²) in [5.74, 6) is -1.38. The van der Waals surface area contributed by atoms with Crippen molar-refractivity contribution in [3.05, 3.63) is 70.0 Å². The van der Waals surface area contributed by atoms with Gasteiger partial charge in [0.15, 0.2) is 0 Å². The van der Waals surface area contributed by atoms with Crippen LogP contribution in [0.5, 0.6) is 0 Å². The molecule has 0 radical (unpaired) electrons. The Balaban J connectivity index is 1.57. The summed E-state index contributed by atoms with van der Waals surface area (Å²) in [7, 11) is 0. The van der Waals surface area contributed by atoms with Gasteiger partial charge in [-0.2, -0.15) is 0 Å². The Hall–Kier alpha value is -3.62. The molecule has 1 amide bonds. The van der Waals surface area contributed by atoms with Crippen LogP contribution in [0.15, 0.2) is 53.7 Å². The van der Waals surface area contributed by atoms with Gasteiger partial charge in [0.25, 0.3) is 5.69 Å². The second-order valence-electron chi connectivity index (χ2n) is 9.40. The predicted octanol–water partition coefficient (Wildman–Crippen LogP) is 5.10. The van der Waals surface area contributed by atoms with Crippen LogP contribution in [0.25, 0.3) is 0 Å². The highest BCUT2D eigenvalue weighted by Crippen LogP contribution is 2.71. The Kier molecular flexibility index (Phi) is 5.30. The molecule has 2 bridgehead atoms. The molecule has 0 aromatic heterocycles. The zero-order valence-corrected chi connectivity index (χ0v) is 18.6. The number of fused-ring (bicyclic) bond motifs is 2.